The van der Waals surface area contributed by atoms with E-state index in [0.29, 0.717) is 11.3 Å². The Kier molecular flexibility index (Phi) is 5.30. The Hall–Kier alpha value is -3.94. The third-order valence-electron chi connectivity index (χ3n) is 4.36. The van der Waals surface area contributed by atoms with Crippen LogP contribution < -0.4 is 4.74 Å². The van der Waals surface area contributed by atoms with Crippen molar-refractivity contribution in [2.75, 3.05) is 7.11 Å². The number of ether oxygens (including phenoxy) is 2. The molecule has 0 N–H and O–H groups in total. The molecule has 152 valence electrons. The largest absolute Gasteiger partial charge is 0.497 e. The van der Waals surface area contributed by atoms with Crippen molar-refractivity contribution in [2.45, 2.75) is 13.0 Å². The summed E-state index contributed by atoms with van der Waals surface area (Å²) in [6.07, 6.45) is -0.806. The second-order valence-electron chi connectivity index (χ2n) is 6.37. The third kappa shape index (κ3) is 3.93. The standard InChI is InChI=1S/C22H17FN2O5/c1-13(20-24-25-21(30-20)14-7-9-15(27-2)10-8-14)28-22(26)19-12-11-18(29-19)16-5-3-4-6-17(16)23/h3-13H,1-2H3/t13-/m1/s1. The second kappa shape index (κ2) is 8.20. The van der Waals surface area contributed by atoms with Crippen molar-refractivity contribution in [3.05, 3.63) is 78.1 Å². The molecule has 0 bridgehead atoms. The maximum atomic E-state index is 13.9. The molecule has 30 heavy (non-hydrogen) atoms. The molecule has 7 nitrogen and oxygen atoms in total. The van der Waals surface area contributed by atoms with Crippen molar-refractivity contribution in [2.24, 2.45) is 0 Å². The Morgan fingerprint density at radius 1 is 1.00 bits per heavy atom. The van der Waals surface area contributed by atoms with Crippen LogP contribution in [0.25, 0.3) is 22.8 Å². The molecule has 2 aromatic carbocycles. The minimum atomic E-state index is -0.806. The lowest BCUT2D eigenvalue weighted by molar-refractivity contribution is 0.0245. The van der Waals surface area contributed by atoms with Gasteiger partial charge in [-0.3, -0.25) is 0 Å². The normalized spacial score (nSPS) is 11.8. The monoisotopic (exact) mass is 408 g/mol. The number of furan rings is 1. The van der Waals surface area contributed by atoms with Gasteiger partial charge >= 0.3 is 5.97 Å². The fourth-order valence-corrected chi connectivity index (χ4v) is 2.77. The van der Waals surface area contributed by atoms with Gasteiger partial charge in [0.25, 0.3) is 5.89 Å². The summed E-state index contributed by atoms with van der Waals surface area (Å²) in [5, 5.41) is 7.92. The van der Waals surface area contributed by atoms with Crippen molar-refractivity contribution in [1.82, 2.24) is 10.2 Å². The molecule has 0 aliphatic heterocycles. The van der Waals surface area contributed by atoms with Crippen molar-refractivity contribution in [3.8, 4) is 28.5 Å². The number of carbonyl (C=O) groups is 1. The van der Waals surface area contributed by atoms with E-state index >= 15 is 0 Å². The first-order chi connectivity index (χ1) is 14.5. The van der Waals surface area contributed by atoms with Gasteiger partial charge in [-0.1, -0.05) is 12.1 Å². The number of rotatable bonds is 6. The van der Waals surface area contributed by atoms with Gasteiger partial charge in [-0.05, 0) is 55.5 Å². The van der Waals surface area contributed by atoms with Gasteiger partial charge in [-0.2, -0.15) is 0 Å². The predicted molar refractivity (Wildman–Crippen MR) is 104 cm³/mol. The average Bonchev–Trinajstić information content (AvgIpc) is 3.44. The van der Waals surface area contributed by atoms with E-state index in [0.717, 1.165) is 0 Å². The quantitative estimate of drug-likeness (QED) is 0.412. The summed E-state index contributed by atoms with van der Waals surface area (Å²) < 4.78 is 35.4. The minimum Gasteiger partial charge on any atom is -0.497 e. The van der Waals surface area contributed by atoms with Gasteiger partial charge in [0.05, 0.1) is 12.7 Å². The van der Waals surface area contributed by atoms with Gasteiger partial charge in [-0.25, -0.2) is 9.18 Å². The lowest BCUT2D eigenvalue weighted by atomic mass is 10.1. The fourth-order valence-electron chi connectivity index (χ4n) is 2.77. The number of hydrogen-bond acceptors (Lipinski definition) is 7. The van der Waals surface area contributed by atoms with Crippen LogP contribution in [-0.4, -0.2) is 23.3 Å². The number of nitrogens with zero attached hydrogens (tertiary/aromatic N) is 2. The molecule has 1 atom stereocenters. The highest BCUT2D eigenvalue weighted by atomic mass is 19.1. The molecule has 4 rings (SSSR count). The SMILES string of the molecule is COc1ccc(-c2nnc([C@@H](C)OC(=O)c3ccc(-c4ccccc4F)o3)o2)cc1. The lowest BCUT2D eigenvalue weighted by Crippen LogP contribution is -2.08. The topological polar surface area (TPSA) is 87.6 Å². The van der Waals surface area contributed by atoms with Gasteiger partial charge in [0.2, 0.25) is 11.7 Å². The third-order valence-corrected chi connectivity index (χ3v) is 4.36. The highest BCUT2D eigenvalue weighted by molar-refractivity contribution is 5.87. The van der Waals surface area contributed by atoms with Crippen molar-refractivity contribution in [3.63, 3.8) is 0 Å². The number of esters is 1. The molecule has 2 aromatic heterocycles. The predicted octanol–water partition coefficient (Wildman–Crippen LogP) is 5.06. The molecule has 0 amide bonds. The highest BCUT2D eigenvalue weighted by Crippen LogP contribution is 2.27. The zero-order chi connectivity index (χ0) is 21.1. The number of benzene rings is 2. The Morgan fingerprint density at radius 2 is 1.77 bits per heavy atom. The smallest absolute Gasteiger partial charge is 0.375 e. The fraction of sp³-hybridized carbons (Fsp3) is 0.136. The number of aromatic nitrogens is 2. The van der Waals surface area contributed by atoms with Gasteiger partial charge in [0, 0.05) is 5.56 Å². The Labute approximate surface area is 171 Å². The minimum absolute atomic E-state index is 0.0602. The van der Waals surface area contributed by atoms with Gasteiger partial charge in [0.1, 0.15) is 17.3 Å². The van der Waals surface area contributed by atoms with Gasteiger partial charge in [0.15, 0.2) is 6.10 Å². The molecular weight excluding hydrogens is 391 g/mol. The second-order valence-corrected chi connectivity index (χ2v) is 6.37. The summed E-state index contributed by atoms with van der Waals surface area (Å²) in [6, 6.07) is 16.2. The van der Waals surface area contributed by atoms with E-state index in [2.05, 4.69) is 10.2 Å². The molecule has 0 radical (unpaired) electrons. The first kappa shape index (κ1) is 19.4. The summed E-state index contributed by atoms with van der Waals surface area (Å²) in [5.74, 6) is 0.119. The molecule has 0 unspecified atom stereocenters. The van der Waals surface area contributed by atoms with Gasteiger partial charge in [-0.15, -0.1) is 10.2 Å². The maximum absolute atomic E-state index is 13.9. The van der Waals surface area contributed by atoms with Crippen LogP contribution >= 0.6 is 0 Å². The van der Waals surface area contributed by atoms with E-state index in [1.54, 1.807) is 56.5 Å². The molecule has 0 fully saturated rings. The first-order valence-electron chi connectivity index (χ1n) is 9.08. The number of halogens is 1. The zero-order valence-electron chi connectivity index (χ0n) is 16.2. The molecular formula is C22H17FN2O5. The maximum Gasteiger partial charge on any atom is 0.375 e. The molecule has 0 aliphatic rings. The van der Waals surface area contributed by atoms with Crippen molar-refractivity contribution >= 4 is 5.97 Å². The average molecular weight is 408 g/mol. The van der Waals surface area contributed by atoms with Crippen LogP contribution in [-0.2, 0) is 4.74 Å². The van der Waals surface area contributed by atoms with Gasteiger partial charge < -0.3 is 18.3 Å². The van der Waals surface area contributed by atoms with Crippen LogP contribution in [0.4, 0.5) is 4.39 Å². The van der Waals surface area contributed by atoms with E-state index in [9.17, 15) is 9.18 Å². The van der Waals surface area contributed by atoms with E-state index in [4.69, 9.17) is 18.3 Å². The number of hydrogen-bond donors (Lipinski definition) is 0. The van der Waals surface area contributed by atoms with Crippen molar-refractivity contribution in [1.29, 1.82) is 0 Å². The van der Waals surface area contributed by atoms with E-state index in [1.807, 2.05) is 0 Å². The highest BCUT2D eigenvalue weighted by Gasteiger charge is 2.22. The van der Waals surface area contributed by atoms with Crippen LogP contribution in [0.3, 0.4) is 0 Å². The molecule has 8 heteroatoms. The summed E-state index contributed by atoms with van der Waals surface area (Å²) in [5.41, 5.74) is 0.958. The molecule has 4 aromatic rings. The van der Waals surface area contributed by atoms with E-state index in [-0.39, 0.29) is 28.9 Å². The van der Waals surface area contributed by atoms with Crippen LogP contribution in [0, 0.1) is 5.82 Å². The molecule has 0 spiro atoms. The summed E-state index contributed by atoms with van der Waals surface area (Å²) in [4.78, 5) is 12.4. The molecule has 2 heterocycles. The Bertz CT molecular complexity index is 1170. The van der Waals surface area contributed by atoms with Crippen molar-refractivity contribution < 1.29 is 27.5 Å². The summed E-state index contributed by atoms with van der Waals surface area (Å²) in [6.45, 7) is 1.60. The molecule has 0 aliphatic carbocycles. The van der Waals surface area contributed by atoms with E-state index < -0.39 is 17.9 Å². The summed E-state index contributed by atoms with van der Waals surface area (Å²) >= 11 is 0. The van der Waals surface area contributed by atoms with Crippen LogP contribution in [0.5, 0.6) is 5.75 Å². The van der Waals surface area contributed by atoms with Crippen LogP contribution in [0.2, 0.25) is 0 Å². The Balaban J connectivity index is 1.45. The Morgan fingerprint density at radius 3 is 2.50 bits per heavy atom. The first-order valence-corrected chi connectivity index (χ1v) is 9.08. The van der Waals surface area contributed by atoms with Crippen LogP contribution in [0.15, 0.2) is 69.5 Å². The van der Waals surface area contributed by atoms with E-state index in [1.165, 1.54) is 18.2 Å². The number of methoxy groups -OCH3 is 1. The number of carbonyl (C=O) groups excluding carboxylic acids is 1. The lowest BCUT2D eigenvalue weighted by Gasteiger charge is -2.07. The zero-order valence-corrected chi connectivity index (χ0v) is 16.2. The summed E-state index contributed by atoms with van der Waals surface area (Å²) in [7, 11) is 1.58. The van der Waals surface area contributed by atoms with Crippen LogP contribution in [0.1, 0.15) is 29.5 Å². The molecule has 0 saturated carbocycles. The molecule has 0 saturated heterocycles.